The molecule has 8 nitrogen and oxygen atoms in total. The SMILES string of the molecule is COC(=O)CC(c1c(O)cc(C)n(CCc2ccc(O)c(O)c2)c1=O)c1ccnc2ccccc12. The van der Waals surface area contributed by atoms with Crippen LogP contribution in [0.2, 0.25) is 0 Å². The molecule has 8 heteroatoms. The molecule has 2 heterocycles. The third-order valence-corrected chi connectivity index (χ3v) is 6.19. The number of aryl methyl sites for hydroxylation is 2. The summed E-state index contributed by atoms with van der Waals surface area (Å²) in [7, 11) is 1.28. The molecule has 0 radical (unpaired) electrons. The van der Waals surface area contributed by atoms with Crippen molar-refractivity contribution in [2.24, 2.45) is 0 Å². The van der Waals surface area contributed by atoms with Gasteiger partial charge in [0, 0.05) is 29.7 Å². The number of esters is 1. The van der Waals surface area contributed by atoms with Crippen molar-refractivity contribution in [1.82, 2.24) is 9.55 Å². The predicted molar refractivity (Wildman–Crippen MR) is 131 cm³/mol. The number of hydrogen-bond donors (Lipinski definition) is 3. The summed E-state index contributed by atoms with van der Waals surface area (Å²) in [5, 5.41) is 31.0. The van der Waals surface area contributed by atoms with Crippen LogP contribution >= 0.6 is 0 Å². The van der Waals surface area contributed by atoms with Crippen molar-refractivity contribution in [1.29, 1.82) is 0 Å². The fourth-order valence-corrected chi connectivity index (χ4v) is 4.38. The fourth-order valence-electron chi connectivity index (χ4n) is 4.38. The average Bonchev–Trinajstić information content (AvgIpc) is 2.84. The number of aromatic nitrogens is 2. The third-order valence-electron chi connectivity index (χ3n) is 6.19. The molecule has 0 aliphatic heterocycles. The molecule has 0 spiro atoms. The summed E-state index contributed by atoms with van der Waals surface area (Å²) >= 11 is 0. The number of fused-ring (bicyclic) bond motifs is 1. The normalized spacial score (nSPS) is 11.9. The highest BCUT2D eigenvalue weighted by Gasteiger charge is 2.28. The van der Waals surface area contributed by atoms with Gasteiger partial charge >= 0.3 is 5.97 Å². The van der Waals surface area contributed by atoms with E-state index in [4.69, 9.17) is 4.74 Å². The number of hydrogen-bond acceptors (Lipinski definition) is 7. The molecule has 0 bridgehead atoms. The Morgan fingerprint density at radius 3 is 2.54 bits per heavy atom. The Hall–Kier alpha value is -4.33. The number of benzene rings is 2. The fraction of sp³-hybridized carbons (Fsp3) is 0.222. The van der Waals surface area contributed by atoms with Crippen molar-refractivity contribution in [2.75, 3.05) is 7.11 Å². The zero-order valence-corrected chi connectivity index (χ0v) is 19.4. The van der Waals surface area contributed by atoms with Gasteiger partial charge in [0.2, 0.25) is 0 Å². The number of phenols is 2. The first-order valence-corrected chi connectivity index (χ1v) is 11.1. The second kappa shape index (κ2) is 9.89. The first-order chi connectivity index (χ1) is 16.8. The van der Waals surface area contributed by atoms with E-state index < -0.39 is 17.4 Å². The molecule has 180 valence electrons. The lowest BCUT2D eigenvalue weighted by atomic mass is 9.86. The molecular formula is C27H26N2O6. The van der Waals surface area contributed by atoms with E-state index in [-0.39, 0.29) is 35.8 Å². The topological polar surface area (TPSA) is 122 Å². The molecule has 3 N–H and O–H groups in total. The van der Waals surface area contributed by atoms with Crippen LogP contribution in [0.5, 0.6) is 17.2 Å². The molecule has 0 fully saturated rings. The molecule has 0 amide bonds. The second-order valence-electron chi connectivity index (χ2n) is 8.36. The minimum atomic E-state index is -0.757. The van der Waals surface area contributed by atoms with Gasteiger partial charge in [-0.2, -0.15) is 0 Å². The Balaban J connectivity index is 1.82. The van der Waals surface area contributed by atoms with Crippen LogP contribution in [0, 0.1) is 6.92 Å². The van der Waals surface area contributed by atoms with E-state index in [1.165, 1.54) is 29.9 Å². The van der Waals surface area contributed by atoms with Crippen molar-refractivity contribution in [3.05, 3.63) is 93.5 Å². The number of carbonyl (C=O) groups is 1. The monoisotopic (exact) mass is 474 g/mol. The first-order valence-electron chi connectivity index (χ1n) is 11.1. The Labute approximate surface area is 201 Å². The van der Waals surface area contributed by atoms with Crippen LogP contribution < -0.4 is 5.56 Å². The standard InChI is InChI=1S/C27H26N2O6/c1-16-13-24(32)26(27(34)29(16)12-10-17-7-8-22(30)23(31)14-17)20(15-25(33)35-2)18-9-11-28-21-6-4-3-5-19(18)21/h3-9,11,13-14,20,30-32H,10,12,15H2,1-2H3. The van der Waals surface area contributed by atoms with Gasteiger partial charge in [-0.3, -0.25) is 14.6 Å². The maximum atomic E-state index is 13.7. The maximum Gasteiger partial charge on any atom is 0.306 e. The summed E-state index contributed by atoms with van der Waals surface area (Å²) in [6.45, 7) is 1.99. The number of ether oxygens (including phenoxy) is 1. The lowest BCUT2D eigenvalue weighted by Gasteiger charge is -2.21. The zero-order chi connectivity index (χ0) is 25.1. The van der Waals surface area contributed by atoms with Crippen LogP contribution in [0.3, 0.4) is 0 Å². The van der Waals surface area contributed by atoms with Crippen LogP contribution in [0.4, 0.5) is 0 Å². The lowest BCUT2D eigenvalue weighted by molar-refractivity contribution is -0.140. The van der Waals surface area contributed by atoms with Gasteiger partial charge in [0.1, 0.15) is 5.75 Å². The molecule has 2 aromatic carbocycles. The van der Waals surface area contributed by atoms with E-state index >= 15 is 0 Å². The van der Waals surface area contributed by atoms with Crippen LogP contribution in [0.15, 0.2) is 65.6 Å². The van der Waals surface area contributed by atoms with Crippen molar-refractivity contribution in [3.63, 3.8) is 0 Å². The van der Waals surface area contributed by atoms with Gasteiger partial charge in [-0.05, 0) is 54.8 Å². The van der Waals surface area contributed by atoms with Crippen LogP contribution in [-0.4, -0.2) is 37.9 Å². The average molecular weight is 475 g/mol. The van der Waals surface area contributed by atoms with Gasteiger partial charge in [0.15, 0.2) is 11.5 Å². The molecule has 0 aliphatic carbocycles. The van der Waals surface area contributed by atoms with Gasteiger partial charge in [0.25, 0.3) is 5.56 Å². The quantitative estimate of drug-likeness (QED) is 0.275. The summed E-state index contributed by atoms with van der Waals surface area (Å²) in [4.78, 5) is 30.5. The second-order valence-corrected chi connectivity index (χ2v) is 8.36. The Morgan fingerprint density at radius 2 is 1.80 bits per heavy atom. The molecule has 2 aromatic heterocycles. The Morgan fingerprint density at radius 1 is 1.03 bits per heavy atom. The van der Waals surface area contributed by atoms with E-state index in [0.717, 1.165) is 10.9 Å². The van der Waals surface area contributed by atoms with E-state index in [0.29, 0.717) is 23.2 Å². The highest BCUT2D eigenvalue weighted by molar-refractivity contribution is 5.84. The van der Waals surface area contributed by atoms with Gasteiger partial charge in [-0.25, -0.2) is 0 Å². The molecule has 0 saturated heterocycles. The number of phenolic OH excluding ortho intramolecular Hbond substituents is 2. The number of aromatic hydroxyl groups is 3. The van der Waals surface area contributed by atoms with E-state index in [2.05, 4.69) is 4.98 Å². The van der Waals surface area contributed by atoms with Crippen molar-refractivity contribution >= 4 is 16.9 Å². The van der Waals surface area contributed by atoms with Gasteiger partial charge in [-0.1, -0.05) is 24.3 Å². The van der Waals surface area contributed by atoms with E-state index in [9.17, 15) is 24.9 Å². The maximum absolute atomic E-state index is 13.7. The van der Waals surface area contributed by atoms with E-state index in [1.54, 1.807) is 25.3 Å². The largest absolute Gasteiger partial charge is 0.507 e. The summed E-state index contributed by atoms with van der Waals surface area (Å²) in [5.74, 6) is -1.92. The van der Waals surface area contributed by atoms with Crippen LogP contribution in [-0.2, 0) is 22.5 Å². The van der Waals surface area contributed by atoms with Gasteiger partial charge in [-0.15, -0.1) is 0 Å². The van der Waals surface area contributed by atoms with Gasteiger partial charge in [0.05, 0.1) is 24.6 Å². The summed E-state index contributed by atoms with van der Waals surface area (Å²) < 4.78 is 6.44. The molecular weight excluding hydrogens is 448 g/mol. The first kappa shape index (κ1) is 23.8. The number of carbonyl (C=O) groups excluding carboxylic acids is 1. The Kier molecular flexibility index (Phi) is 6.73. The summed E-state index contributed by atoms with van der Waals surface area (Å²) in [6, 6.07) is 15.2. The third kappa shape index (κ3) is 4.82. The molecule has 35 heavy (non-hydrogen) atoms. The van der Waals surface area contributed by atoms with Crippen molar-refractivity contribution in [2.45, 2.75) is 32.2 Å². The molecule has 4 rings (SSSR count). The molecule has 0 aliphatic rings. The van der Waals surface area contributed by atoms with Crippen LogP contribution in [0.25, 0.3) is 10.9 Å². The summed E-state index contributed by atoms with van der Waals surface area (Å²) in [5.41, 5.74) is 2.36. The predicted octanol–water partition coefficient (Wildman–Crippen LogP) is 3.76. The lowest BCUT2D eigenvalue weighted by Crippen LogP contribution is -2.29. The molecule has 1 atom stereocenters. The molecule has 4 aromatic rings. The highest BCUT2D eigenvalue weighted by atomic mass is 16.5. The molecule has 0 saturated carbocycles. The minimum Gasteiger partial charge on any atom is -0.507 e. The van der Waals surface area contributed by atoms with Crippen molar-refractivity contribution in [3.8, 4) is 17.2 Å². The van der Waals surface area contributed by atoms with Crippen LogP contribution in [0.1, 0.15) is 34.7 Å². The van der Waals surface area contributed by atoms with Crippen molar-refractivity contribution < 1.29 is 24.9 Å². The number of nitrogens with zero attached hydrogens (tertiary/aromatic N) is 2. The smallest absolute Gasteiger partial charge is 0.306 e. The number of pyridine rings is 2. The summed E-state index contributed by atoms with van der Waals surface area (Å²) in [6.07, 6.45) is 1.88. The number of para-hydroxylation sites is 1. The zero-order valence-electron chi connectivity index (χ0n) is 19.4. The number of methoxy groups -OCH3 is 1. The molecule has 1 unspecified atom stereocenters. The number of rotatable bonds is 7. The van der Waals surface area contributed by atoms with E-state index in [1.807, 2.05) is 24.3 Å². The Bertz CT molecular complexity index is 1460. The minimum absolute atomic E-state index is 0.103. The highest BCUT2D eigenvalue weighted by Crippen LogP contribution is 2.36. The van der Waals surface area contributed by atoms with Gasteiger partial charge < -0.3 is 24.6 Å².